The molecule has 2 aromatic rings. The van der Waals surface area contributed by atoms with Gasteiger partial charge in [0.25, 0.3) is 5.91 Å². The van der Waals surface area contributed by atoms with E-state index in [1.807, 2.05) is 0 Å². The quantitative estimate of drug-likeness (QED) is 0.547. The number of halogens is 2. The van der Waals surface area contributed by atoms with Crippen molar-refractivity contribution < 1.29 is 28.2 Å². The number of nitrogens with one attached hydrogen (secondary N) is 1. The molecule has 142 valence electrons. The van der Waals surface area contributed by atoms with Crippen LogP contribution in [0.3, 0.4) is 0 Å². The van der Waals surface area contributed by atoms with Crippen LogP contribution in [0, 0.1) is 5.82 Å². The maximum absolute atomic E-state index is 13.0. The van der Waals surface area contributed by atoms with Gasteiger partial charge in [-0.2, -0.15) is 0 Å². The summed E-state index contributed by atoms with van der Waals surface area (Å²) in [6.07, 6.45) is 0.402. The molecule has 0 spiro atoms. The number of ether oxygens (including phenoxy) is 2. The molecule has 27 heavy (non-hydrogen) atoms. The molecule has 2 aromatic carbocycles. The maximum atomic E-state index is 13.0. The molecular formula is C19H17ClFNO5. The average molecular weight is 394 g/mol. The predicted molar refractivity (Wildman–Crippen MR) is 97.6 cm³/mol. The number of anilines is 1. The number of hydrogen-bond acceptors (Lipinski definition) is 5. The van der Waals surface area contributed by atoms with Crippen LogP contribution in [0.4, 0.5) is 10.1 Å². The zero-order valence-corrected chi connectivity index (χ0v) is 15.2. The number of amides is 1. The van der Waals surface area contributed by atoms with Crippen molar-refractivity contribution in [2.24, 2.45) is 0 Å². The highest BCUT2D eigenvalue weighted by Gasteiger charge is 2.10. The molecule has 0 unspecified atom stereocenters. The summed E-state index contributed by atoms with van der Waals surface area (Å²) in [6, 6.07) is 10.0. The van der Waals surface area contributed by atoms with Crippen molar-refractivity contribution in [3.63, 3.8) is 0 Å². The first kappa shape index (κ1) is 20.4. The van der Waals surface area contributed by atoms with Crippen LogP contribution < -0.4 is 10.1 Å². The van der Waals surface area contributed by atoms with Gasteiger partial charge in [0.1, 0.15) is 11.6 Å². The zero-order chi connectivity index (χ0) is 19.8. The third-order valence-corrected chi connectivity index (χ3v) is 3.71. The minimum absolute atomic E-state index is 0.00872. The Kier molecular flexibility index (Phi) is 7.31. The van der Waals surface area contributed by atoms with Gasteiger partial charge in [-0.05, 0) is 42.5 Å². The highest BCUT2D eigenvalue weighted by molar-refractivity contribution is 6.31. The smallest absolute Gasteiger partial charge is 0.344 e. The molecule has 0 aliphatic carbocycles. The van der Waals surface area contributed by atoms with Crippen LogP contribution in [0.25, 0.3) is 0 Å². The molecule has 0 atom stereocenters. The van der Waals surface area contributed by atoms with Gasteiger partial charge in [-0.3, -0.25) is 9.59 Å². The third-order valence-electron chi connectivity index (χ3n) is 3.42. The SMILES string of the molecule is CCC(=O)c1ccc(OCC(=O)OCC(=O)Nc2ccc(F)c(Cl)c2)cc1. The van der Waals surface area contributed by atoms with Gasteiger partial charge >= 0.3 is 5.97 Å². The second-order valence-electron chi connectivity index (χ2n) is 5.43. The van der Waals surface area contributed by atoms with Crippen LogP contribution in [-0.2, 0) is 14.3 Å². The number of rotatable bonds is 8. The van der Waals surface area contributed by atoms with E-state index in [9.17, 15) is 18.8 Å². The van der Waals surface area contributed by atoms with E-state index in [1.165, 1.54) is 12.1 Å². The van der Waals surface area contributed by atoms with Gasteiger partial charge in [0.15, 0.2) is 19.0 Å². The summed E-state index contributed by atoms with van der Waals surface area (Å²) in [5.74, 6) is -1.55. The van der Waals surface area contributed by atoms with Gasteiger partial charge in [-0.25, -0.2) is 9.18 Å². The fraction of sp³-hybridized carbons (Fsp3) is 0.211. The van der Waals surface area contributed by atoms with E-state index < -0.39 is 30.9 Å². The van der Waals surface area contributed by atoms with E-state index in [-0.39, 0.29) is 16.5 Å². The van der Waals surface area contributed by atoms with Gasteiger partial charge in [-0.1, -0.05) is 18.5 Å². The Morgan fingerprint density at radius 3 is 2.41 bits per heavy atom. The van der Waals surface area contributed by atoms with Crippen molar-refractivity contribution in [2.45, 2.75) is 13.3 Å². The molecular weight excluding hydrogens is 377 g/mol. The fourth-order valence-corrected chi connectivity index (χ4v) is 2.22. The number of benzene rings is 2. The molecule has 0 saturated carbocycles. The summed E-state index contributed by atoms with van der Waals surface area (Å²) in [4.78, 5) is 34.9. The zero-order valence-electron chi connectivity index (χ0n) is 14.5. The lowest BCUT2D eigenvalue weighted by Crippen LogP contribution is -2.23. The van der Waals surface area contributed by atoms with E-state index in [0.29, 0.717) is 17.7 Å². The standard InChI is InChI=1S/C19H17ClFNO5/c1-2-17(23)12-3-6-14(7-4-12)26-11-19(25)27-10-18(24)22-13-5-8-16(21)15(20)9-13/h3-9H,2,10-11H2,1H3,(H,22,24). The Morgan fingerprint density at radius 2 is 1.78 bits per heavy atom. The minimum atomic E-state index is -0.740. The highest BCUT2D eigenvalue weighted by Crippen LogP contribution is 2.19. The Bertz CT molecular complexity index is 838. The molecule has 1 N–H and O–H groups in total. The summed E-state index contributed by atoms with van der Waals surface area (Å²) in [5, 5.41) is 2.29. The lowest BCUT2D eigenvalue weighted by Gasteiger charge is -2.08. The van der Waals surface area contributed by atoms with E-state index >= 15 is 0 Å². The first-order chi connectivity index (χ1) is 12.9. The van der Waals surface area contributed by atoms with E-state index in [1.54, 1.807) is 31.2 Å². The molecule has 0 saturated heterocycles. The molecule has 2 rings (SSSR count). The lowest BCUT2D eigenvalue weighted by atomic mass is 10.1. The summed E-state index contributed by atoms with van der Waals surface area (Å²) < 4.78 is 23.1. The summed E-state index contributed by atoms with van der Waals surface area (Å²) >= 11 is 5.61. The van der Waals surface area contributed by atoms with Crippen LogP contribution in [-0.4, -0.2) is 30.9 Å². The van der Waals surface area contributed by atoms with Crippen molar-refractivity contribution in [1.82, 2.24) is 0 Å². The van der Waals surface area contributed by atoms with Gasteiger partial charge in [0.2, 0.25) is 0 Å². The number of esters is 1. The van der Waals surface area contributed by atoms with Gasteiger partial charge in [0, 0.05) is 17.7 Å². The number of Topliss-reactive ketones (excluding diaryl/α,β-unsaturated/α-hetero) is 1. The third kappa shape index (κ3) is 6.38. The molecule has 1 amide bonds. The van der Waals surface area contributed by atoms with E-state index in [0.717, 1.165) is 6.07 Å². The Morgan fingerprint density at radius 1 is 1.07 bits per heavy atom. The molecule has 0 heterocycles. The molecule has 0 fully saturated rings. The monoisotopic (exact) mass is 393 g/mol. The number of carbonyl (C=O) groups excluding carboxylic acids is 3. The number of carbonyl (C=O) groups is 3. The van der Waals surface area contributed by atoms with E-state index in [4.69, 9.17) is 21.1 Å². The Balaban J connectivity index is 1.74. The van der Waals surface area contributed by atoms with Gasteiger partial charge in [-0.15, -0.1) is 0 Å². The van der Waals surface area contributed by atoms with Gasteiger partial charge < -0.3 is 14.8 Å². The van der Waals surface area contributed by atoms with Crippen molar-refractivity contribution in [2.75, 3.05) is 18.5 Å². The normalized spacial score (nSPS) is 10.2. The van der Waals surface area contributed by atoms with Crippen molar-refractivity contribution >= 4 is 34.9 Å². The Hall–Kier alpha value is -2.93. The van der Waals surface area contributed by atoms with Crippen LogP contribution in [0.1, 0.15) is 23.7 Å². The minimum Gasteiger partial charge on any atom is -0.482 e. The molecule has 8 heteroatoms. The van der Waals surface area contributed by atoms with Crippen molar-refractivity contribution in [3.05, 3.63) is 58.9 Å². The summed E-state index contributed by atoms with van der Waals surface area (Å²) in [7, 11) is 0. The maximum Gasteiger partial charge on any atom is 0.344 e. The number of hydrogen-bond donors (Lipinski definition) is 1. The summed E-state index contributed by atoms with van der Waals surface area (Å²) in [5.41, 5.74) is 0.838. The van der Waals surface area contributed by atoms with Gasteiger partial charge in [0.05, 0.1) is 5.02 Å². The van der Waals surface area contributed by atoms with Crippen LogP contribution >= 0.6 is 11.6 Å². The molecule has 0 bridgehead atoms. The second-order valence-corrected chi connectivity index (χ2v) is 5.83. The molecule has 0 aliphatic rings. The van der Waals surface area contributed by atoms with Crippen LogP contribution in [0.5, 0.6) is 5.75 Å². The molecule has 0 aromatic heterocycles. The molecule has 0 radical (unpaired) electrons. The fourth-order valence-electron chi connectivity index (χ4n) is 2.04. The summed E-state index contributed by atoms with van der Waals surface area (Å²) in [6.45, 7) is 0.849. The second kappa shape index (κ2) is 9.68. The predicted octanol–water partition coefficient (Wildman–Crippen LogP) is 3.63. The Labute approximate surface area is 160 Å². The van der Waals surface area contributed by atoms with E-state index in [2.05, 4.69) is 5.32 Å². The first-order valence-corrected chi connectivity index (χ1v) is 8.43. The largest absolute Gasteiger partial charge is 0.482 e. The topological polar surface area (TPSA) is 81.7 Å². The molecule has 0 aliphatic heterocycles. The average Bonchev–Trinajstić information content (AvgIpc) is 2.67. The van der Waals surface area contributed by atoms with Crippen LogP contribution in [0.2, 0.25) is 5.02 Å². The van der Waals surface area contributed by atoms with Crippen LogP contribution in [0.15, 0.2) is 42.5 Å². The number of ketones is 1. The lowest BCUT2D eigenvalue weighted by molar-refractivity contribution is -0.149. The highest BCUT2D eigenvalue weighted by atomic mass is 35.5. The van der Waals surface area contributed by atoms with Crippen molar-refractivity contribution in [1.29, 1.82) is 0 Å². The molecule has 6 nitrogen and oxygen atoms in total. The van der Waals surface area contributed by atoms with Crippen molar-refractivity contribution in [3.8, 4) is 5.75 Å². The first-order valence-electron chi connectivity index (χ1n) is 8.05.